The Kier molecular flexibility index (Phi) is 4.95. The van der Waals surface area contributed by atoms with E-state index in [0.717, 1.165) is 45.1 Å². The van der Waals surface area contributed by atoms with Gasteiger partial charge in [0.15, 0.2) is 0 Å². The van der Waals surface area contributed by atoms with Gasteiger partial charge in [-0.25, -0.2) is 4.39 Å². The molecule has 28 heavy (non-hydrogen) atoms. The summed E-state index contributed by atoms with van der Waals surface area (Å²) in [6.45, 7) is 6.23. The molecule has 0 radical (unpaired) electrons. The molecule has 0 aliphatic carbocycles. The smallest absolute Gasteiger partial charge is 0.127 e. The molecule has 0 atom stereocenters. The number of halogens is 1. The van der Waals surface area contributed by atoms with Crippen LogP contribution in [0.4, 0.5) is 4.39 Å². The van der Waals surface area contributed by atoms with E-state index in [1.165, 1.54) is 11.1 Å². The van der Waals surface area contributed by atoms with E-state index in [4.69, 9.17) is 0 Å². The first-order valence-corrected chi connectivity index (χ1v) is 9.77. The molecule has 0 saturated carbocycles. The zero-order valence-electron chi connectivity index (χ0n) is 16.6. The first-order chi connectivity index (χ1) is 13.5. The Hall–Kier alpha value is -3.00. The number of hydrogen-bond donors (Lipinski definition) is 0. The zero-order valence-corrected chi connectivity index (χ0v) is 16.6. The van der Waals surface area contributed by atoms with E-state index in [0.29, 0.717) is 6.42 Å². The number of pyridine rings is 1. The number of benzene rings is 3. The summed E-state index contributed by atoms with van der Waals surface area (Å²) in [5.74, 6) is -0.147. The summed E-state index contributed by atoms with van der Waals surface area (Å²) in [7, 11) is 0. The van der Waals surface area contributed by atoms with Crippen LogP contribution in [0.2, 0.25) is 0 Å². The average molecular weight is 369 g/mol. The summed E-state index contributed by atoms with van der Waals surface area (Å²) in [6, 6.07) is 20.3. The maximum absolute atomic E-state index is 15.1. The second-order valence-electron chi connectivity index (χ2n) is 7.48. The van der Waals surface area contributed by atoms with Crippen molar-refractivity contribution >= 4 is 10.9 Å². The maximum Gasteiger partial charge on any atom is 0.127 e. The van der Waals surface area contributed by atoms with Gasteiger partial charge in [-0.1, -0.05) is 55.0 Å². The van der Waals surface area contributed by atoms with E-state index < -0.39 is 0 Å². The van der Waals surface area contributed by atoms with Crippen molar-refractivity contribution in [3.8, 4) is 11.1 Å². The van der Waals surface area contributed by atoms with Crippen molar-refractivity contribution in [2.45, 2.75) is 33.6 Å². The van der Waals surface area contributed by atoms with Crippen molar-refractivity contribution in [3.63, 3.8) is 0 Å². The highest BCUT2D eigenvalue weighted by Crippen LogP contribution is 2.30. The monoisotopic (exact) mass is 369 g/mol. The molecule has 0 aliphatic rings. The van der Waals surface area contributed by atoms with Crippen molar-refractivity contribution in [2.75, 3.05) is 0 Å². The molecule has 0 aliphatic heterocycles. The summed E-state index contributed by atoms with van der Waals surface area (Å²) >= 11 is 0. The Morgan fingerprint density at radius 3 is 2.54 bits per heavy atom. The van der Waals surface area contributed by atoms with E-state index in [-0.39, 0.29) is 5.82 Å². The lowest BCUT2D eigenvalue weighted by Gasteiger charge is -2.14. The fourth-order valence-corrected chi connectivity index (χ4v) is 3.87. The van der Waals surface area contributed by atoms with Crippen molar-refractivity contribution in [1.82, 2.24) is 4.98 Å². The highest BCUT2D eigenvalue weighted by atomic mass is 19.1. The van der Waals surface area contributed by atoms with Crippen LogP contribution in [-0.4, -0.2) is 4.98 Å². The maximum atomic E-state index is 15.1. The molecular formula is C26H24FN. The molecule has 0 spiro atoms. The molecule has 0 unspecified atom stereocenters. The third-order valence-electron chi connectivity index (χ3n) is 5.40. The van der Waals surface area contributed by atoms with E-state index in [1.807, 2.05) is 37.4 Å². The molecule has 4 rings (SSSR count). The number of fused-ring (bicyclic) bond motifs is 1. The van der Waals surface area contributed by atoms with Gasteiger partial charge in [0, 0.05) is 18.0 Å². The molecule has 3 aromatic carbocycles. The molecule has 1 heterocycles. The molecule has 0 N–H and O–H groups in total. The first kappa shape index (κ1) is 18.4. The molecule has 4 aromatic rings. The second kappa shape index (κ2) is 7.55. The first-order valence-electron chi connectivity index (χ1n) is 9.77. The Morgan fingerprint density at radius 2 is 1.75 bits per heavy atom. The molecule has 0 bridgehead atoms. The van der Waals surface area contributed by atoms with Gasteiger partial charge < -0.3 is 0 Å². The Balaban J connectivity index is 1.71. The lowest BCUT2D eigenvalue weighted by atomic mass is 9.92. The number of hydrogen-bond acceptors (Lipinski definition) is 1. The molecule has 140 valence electrons. The van der Waals surface area contributed by atoms with Gasteiger partial charge >= 0.3 is 0 Å². The molecular weight excluding hydrogens is 345 g/mol. The van der Waals surface area contributed by atoms with Gasteiger partial charge in [-0.05, 0) is 71.8 Å². The summed E-state index contributed by atoms with van der Waals surface area (Å²) in [6.07, 6.45) is 3.33. The van der Waals surface area contributed by atoms with Gasteiger partial charge in [0.2, 0.25) is 0 Å². The van der Waals surface area contributed by atoms with Crippen molar-refractivity contribution in [1.29, 1.82) is 0 Å². The lowest BCUT2D eigenvalue weighted by molar-refractivity contribution is 0.612. The molecule has 1 aromatic heterocycles. The summed E-state index contributed by atoms with van der Waals surface area (Å²) in [5.41, 5.74) is 8.27. The van der Waals surface area contributed by atoms with Crippen molar-refractivity contribution < 1.29 is 4.39 Å². The zero-order chi connectivity index (χ0) is 19.7. The van der Waals surface area contributed by atoms with Crippen LogP contribution < -0.4 is 0 Å². The summed E-state index contributed by atoms with van der Waals surface area (Å²) in [4.78, 5) is 4.51. The highest BCUT2D eigenvalue weighted by Gasteiger charge is 2.13. The number of para-hydroxylation sites is 1. The van der Waals surface area contributed by atoms with Crippen LogP contribution in [0.5, 0.6) is 0 Å². The van der Waals surface area contributed by atoms with E-state index in [9.17, 15) is 0 Å². The van der Waals surface area contributed by atoms with Crippen LogP contribution in [0.25, 0.3) is 22.0 Å². The summed E-state index contributed by atoms with van der Waals surface area (Å²) in [5, 5.41) is 1.09. The van der Waals surface area contributed by atoms with E-state index >= 15 is 4.39 Å². The predicted octanol–water partition coefficient (Wildman–Crippen LogP) is 6.81. The number of rotatable bonds is 4. The minimum absolute atomic E-state index is 0.147. The lowest BCUT2D eigenvalue weighted by Crippen LogP contribution is -1.99. The number of nitrogens with zero attached hydrogens (tertiary/aromatic N) is 1. The van der Waals surface area contributed by atoms with Crippen LogP contribution in [-0.2, 0) is 12.8 Å². The Bertz CT molecular complexity index is 1140. The Labute approximate surface area is 165 Å². The molecule has 0 saturated heterocycles. The van der Waals surface area contributed by atoms with Crippen LogP contribution in [0.1, 0.15) is 34.7 Å². The highest BCUT2D eigenvalue weighted by molar-refractivity contribution is 5.79. The van der Waals surface area contributed by atoms with Gasteiger partial charge in [-0.3, -0.25) is 4.98 Å². The van der Waals surface area contributed by atoms with Crippen LogP contribution in [0.15, 0.2) is 66.9 Å². The van der Waals surface area contributed by atoms with Gasteiger partial charge in [0.25, 0.3) is 0 Å². The minimum atomic E-state index is -0.147. The largest absolute Gasteiger partial charge is 0.256 e. The molecule has 1 nitrogen and oxygen atoms in total. The van der Waals surface area contributed by atoms with Crippen molar-refractivity contribution in [3.05, 3.63) is 100 Å². The van der Waals surface area contributed by atoms with Crippen LogP contribution >= 0.6 is 0 Å². The van der Waals surface area contributed by atoms with Gasteiger partial charge in [0.1, 0.15) is 5.82 Å². The van der Waals surface area contributed by atoms with Crippen LogP contribution in [0, 0.1) is 19.7 Å². The fraction of sp³-hybridized carbons (Fsp3) is 0.192. The standard InChI is InChI=1S/C26H24FN/c1-4-20-11-17(2)9-10-23(20)22-12-18(3)24(25(27)15-22)14-19-13-21-7-5-6-8-26(21)28-16-19/h5-13,15-16H,4,14H2,1-3H3. The van der Waals surface area contributed by atoms with Crippen LogP contribution in [0.3, 0.4) is 0 Å². The van der Waals surface area contributed by atoms with Crippen molar-refractivity contribution in [2.24, 2.45) is 0 Å². The normalized spacial score (nSPS) is 11.1. The topological polar surface area (TPSA) is 12.9 Å². The molecule has 0 amide bonds. The quantitative estimate of drug-likeness (QED) is 0.385. The third-order valence-corrected chi connectivity index (χ3v) is 5.40. The third kappa shape index (κ3) is 3.55. The predicted molar refractivity (Wildman–Crippen MR) is 115 cm³/mol. The summed E-state index contributed by atoms with van der Waals surface area (Å²) < 4.78 is 15.1. The van der Waals surface area contributed by atoms with E-state index in [1.54, 1.807) is 6.07 Å². The average Bonchev–Trinajstić information content (AvgIpc) is 2.70. The Morgan fingerprint density at radius 1 is 0.929 bits per heavy atom. The van der Waals surface area contributed by atoms with Gasteiger partial charge in [-0.15, -0.1) is 0 Å². The van der Waals surface area contributed by atoms with E-state index in [2.05, 4.69) is 49.2 Å². The number of aromatic nitrogens is 1. The molecule has 0 fully saturated rings. The fourth-order valence-electron chi connectivity index (χ4n) is 3.87. The van der Waals surface area contributed by atoms with Gasteiger partial charge in [0.05, 0.1) is 5.52 Å². The number of aryl methyl sites for hydroxylation is 3. The van der Waals surface area contributed by atoms with Gasteiger partial charge in [-0.2, -0.15) is 0 Å². The second-order valence-corrected chi connectivity index (χ2v) is 7.48. The molecule has 2 heteroatoms. The SMILES string of the molecule is CCc1cc(C)ccc1-c1cc(C)c(Cc2cnc3ccccc3c2)c(F)c1. The minimum Gasteiger partial charge on any atom is -0.256 e.